The lowest BCUT2D eigenvalue weighted by Crippen LogP contribution is -2.21. The second-order valence-corrected chi connectivity index (χ2v) is 8.52. The van der Waals surface area contributed by atoms with Crippen LogP contribution in [0.4, 0.5) is 0 Å². The molecular weight excluding hydrogens is 456 g/mol. The largest absolute Gasteiger partial charge is 0.440 e. The zero-order valence-corrected chi connectivity index (χ0v) is 19.2. The average Bonchev–Trinajstić information content (AvgIpc) is 2.83. The summed E-state index contributed by atoms with van der Waals surface area (Å²) in [6.07, 6.45) is 4.98. The van der Waals surface area contributed by atoms with Crippen LogP contribution in [0.2, 0.25) is 5.02 Å². The maximum atomic E-state index is 12.3. The van der Waals surface area contributed by atoms with E-state index in [2.05, 4.69) is 6.07 Å². The Morgan fingerprint density at radius 1 is 1.15 bits per heavy atom. The van der Waals surface area contributed by atoms with Crippen molar-refractivity contribution in [1.82, 2.24) is 0 Å². The highest BCUT2D eigenvalue weighted by Crippen LogP contribution is 2.43. The van der Waals surface area contributed by atoms with Gasteiger partial charge in [0.2, 0.25) is 5.88 Å². The number of nitrogens with two attached hydrogens (primary N) is 1. The molecule has 0 aliphatic carbocycles. The summed E-state index contributed by atoms with van der Waals surface area (Å²) in [5.41, 5.74) is 8.92. The van der Waals surface area contributed by atoms with Crippen molar-refractivity contribution in [2.24, 2.45) is 5.73 Å². The third-order valence-electron chi connectivity index (χ3n) is 5.14. The summed E-state index contributed by atoms with van der Waals surface area (Å²) in [6.45, 7) is 0. The van der Waals surface area contributed by atoms with Crippen LogP contribution in [0.3, 0.4) is 0 Å². The number of carbonyl (C=O) groups is 1. The molecule has 0 amide bonds. The van der Waals surface area contributed by atoms with E-state index in [9.17, 15) is 10.1 Å². The van der Waals surface area contributed by atoms with Crippen molar-refractivity contribution in [1.29, 1.82) is 5.26 Å². The maximum Gasteiger partial charge on any atom is 0.336 e. The fraction of sp³-hybridized carbons (Fsp3) is 0.0769. The Hall–Kier alpha value is -3.66. The molecule has 2 N–H and O–H groups in total. The van der Waals surface area contributed by atoms with Gasteiger partial charge in [0.05, 0.1) is 5.92 Å². The number of halogens is 1. The monoisotopic (exact) mass is 474 g/mol. The van der Waals surface area contributed by atoms with Crippen molar-refractivity contribution < 1.29 is 14.3 Å². The molecule has 1 aliphatic rings. The normalized spacial score (nSPS) is 15.0. The Kier molecular flexibility index (Phi) is 6.74. The highest BCUT2D eigenvalue weighted by atomic mass is 35.5. The van der Waals surface area contributed by atoms with E-state index in [1.54, 1.807) is 60.3 Å². The zero-order valence-electron chi connectivity index (χ0n) is 17.6. The average molecular weight is 475 g/mol. The van der Waals surface area contributed by atoms with Crippen molar-refractivity contribution in [3.63, 3.8) is 0 Å². The van der Waals surface area contributed by atoms with E-state index in [0.717, 1.165) is 21.6 Å². The van der Waals surface area contributed by atoms with Crippen LogP contribution in [0.1, 0.15) is 22.6 Å². The van der Waals surface area contributed by atoms with Crippen LogP contribution >= 0.6 is 23.4 Å². The zero-order chi connectivity index (χ0) is 23.4. The minimum atomic E-state index is -0.536. The van der Waals surface area contributed by atoms with Gasteiger partial charge < -0.3 is 15.2 Å². The van der Waals surface area contributed by atoms with Crippen molar-refractivity contribution in [2.75, 3.05) is 6.26 Å². The molecule has 0 aromatic heterocycles. The minimum absolute atomic E-state index is 0.0371. The molecule has 1 atom stereocenters. The summed E-state index contributed by atoms with van der Waals surface area (Å²) in [4.78, 5) is 13.4. The van der Waals surface area contributed by atoms with Crippen molar-refractivity contribution in [2.45, 2.75) is 10.8 Å². The minimum Gasteiger partial charge on any atom is -0.440 e. The van der Waals surface area contributed by atoms with Crippen LogP contribution in [0, 0.1) is 11.3 Å². The molecule has 0 saturated carbocycles. The van der Waals surface area contributed by atoms with Crippen molar-refractivity contribution >= 4 is 35.4 Å². The molecule has 164 valence electrons. The number of rotatable bonds is 5. The SMILES string of the molecule is CSc1ccc(C2C(C#N)=C(N)Oc3cc(OC(=O)/C=C/c4ccc(Cl)cc4)ccc32)cc1. The number of esters is 1. The van der Waals surface area contributed by atoms with Crippen molar-refractivity contribution in [3.8, 4) is 17.6 Å². The maximum absolute atomic E-state index is 12.3. The van der Waals surface area contributed by atoms with Crippen molar-refractivity contribution in [3.05, 3.63) is 106 Å². The smallest absolute Gasteiger partial charge is 0.336 e. The summed E-state index contributed by atoms with van der Waals surface area (Å²) in [5, 5.41) is 10.3. The fourth-order valence-electron chi connectivity index (χ4n) is 3.53. The molecule has 1 aliphatic heterocycles. The molecule has 33 heavy (non-hydrogen) atoms. The van der Waals surface area contributed by atoms with Gasteiger partial charge in [-0.1, -0.05) is 41.9 Å². The quantitative estimate of drug-likeness (QED) is 0.214. The van der Waals surface area contributed by atoms with Gasteiger partial charge in [-0.2, -0.15) is 5.26 Å². The van der Waals surface area contributed by atoms with Crippen LogP contribution < -0.4 is 15.2 Å². The number of hydrogen-bond acceptors (Lipinski definition) is 6. The van der Waals surface area contributed by atoms with Crippen LogP contribution in [-0.4, -0.2) is 12.2 Å². The molecule has 0 bridgehead atoms. The summed E-state index contributed by atoms with van der Waals surface area (Å²) in [7, 11) is 0. The highest BCUT2D eigenvalue weighted by molar-refractivity contribution is 7.98. The van der Waals surface area contributed by atoms with Gasteiger partial charge in [-0.05, 0) is 53.8 Å². The van der Waals surface area contributed by atoms with E-state index < -0.39 is 5.97 Å². The van der Waals surface area contributed by atoms with E-state index in [1.165, 1.54) is 6.08 Å². The number of ether oxygens (including phenoxy) is 2. The number of thioether (sulfide) groups is 1. The Labute approximate surface area is 201 Å². The molecule has 4 rings (SSSR count). The molecule has 3 aromatic carbocycles. The standard InChI is InChI=1S/C26H19ClN2O3S/c1-33-20-10-5-17(6-11-20)25-21-12-9-19(14-23(21)32-26(29)22(25)15-28)31-24(30)13-4-16-2-7-18(27)8-3-16/h2-14,25H,29H2,1H3/b13-4+. The lowest BCUT2D eigenvalue weighted by atomic mass is 9.83. The first-order valence-electron chi connectivity index (χ1n) is 9.99. The third-order valence-corrected chi connectivity index (χ3v) is 6.14. The number of nitriles is 1. The lowest BCUT2D eigenvalue weighted by molar-refractivity contribution is -0.128. The van der Waals surface area contributed by atoms with E-state index >= 15 is 0 Å². The lowest BCUT2D eigenvalue weighted by Gasteiger charge is -2.26. The predicted octanol–water partition coefficient (Wildman–Crippen LogP) is 5.90. The molecule has 3 aromatic rings. The molecule has 0 radical (unpaired) electrons. The van der Waals surface area contributed by atoms with Gasteiger partial charge in [0.1, 0.15) is 23.1 Å². The molecule has 1 heterocycles. The second kappa shape index (κ2) is 9.86. The molecule has 0 saturated heterocycles. The van der Waals surface area contributed by atoms with E-state index in [4.69, 9.17) is 26.8 Å². The Balaban J connectivity index is 1.58. The van der Waals surface area contributed by atoms with Gasteiger partial charge in [-0.3, -0.25) is 0 Å². The first-order valence-corrected chi connectivity index (χ1v) is 11.6. The first-order chi connectivity index (χ1) is 16.0. The van der Waals surface area contributed by atoms with Gasteiger partial charge >= 0.3 is 5.97 Å². The number of benzene rings is 3. The van der Waals surface area contributed by atoms with E-state index in [0.29, 0.717) is 22.1 Å². The summed E-state index contributed by atoms with van der Waals surface area (Å²) in [6, 6.07) is 22.3. The fourth-order valence-corrected chi connectivity index (χ4v) is 4.06. The van der Waals surface area contributed by atoms with Crippen LogP contribution in [0.15, 0.2) is 89.2 Å². The summed E-state index contributed by atoms with van der Waals surface area (Å²) >= 11 is 7.51. The molecule has 5 nitrogen and oxygen atoms in total. The second-order valence-electron chi connectivity index (χ2n) is 7.20. The number of allylic oxidation sites excluding steroid dienone is 1. The molecule has 1 unspecified atom stereocenters. The van der Waals surface area contributed by atoms with E-state index in [-0.39, 0.29) is 11.8 Å². The Morgan fingerprint density at radius 2 is 1.88 bits per heavy atom. The predicted molar refractivity (Wildman–Crippen MR) is 130 cm³/mol. The molecular formula is C26H19ClN2O3S. The number of carbonyl (C=O) groups excluding carboxylic acids is 1. The Bertz CT molecular complexity index is 1290. The van der Waals surface area contributed by atoms with E-state index in [1.807, 2.05) is 30.5 Å². The van der Waals surface area contributed by atoms with Crippen LogP contribution in [0.5, 0.6) is 11.5 Å². The van der Waals surface area contributed by atoms with Gasteiger partial charge in [0.25, 0.3) is 0 Å². The topological polar surface area (TPSA) is 85.3 Å². The number of hydrogen-bond donors (Lipinski definition) is 1. The van der Waals surface area contributed by atoms with Gasteiger partial charge in [-0.25, -0.2) is 4.79 Å². The summed E-state index contributed by atoms with van der Waals surface area (Å²) < 4.78 is 11.1. The number of nitrogens with zero attached hydrogens (tertiary/aromatic N) is 1. The Morgan fingerprint density at radius 3 is 2.55 bits per heavy atom. The van der Waals surface area contributed by atoms with Crippen LogP contribution in [-0.2, 0) is 4.79 Å². The van der Waals surface area contributed by atoms with Crippen LogP contribution in [0.25, 0.3) is 6.08 Å². The summed E-state index contributed by atoms with van der Waals surface area (Å²) in [5.74, 6) is -0.118. The third kappa shape index (κ3) is 5.06. The number of fused-ring (bicyclic) bond motifs is 1. The molecule has 0 fully saturated rings. The molecule has 7 heteroatoms. The van der Waals surface area contributed by atoms with Gasteiger partial charge in [0, 0.05) is 27.6 Å². The highest BCUT2D eigenvalue weighted by Gasteiger charge is 2.31. The first kappa shape index (κ1) is 22.5. The molecule has 0 spiro atoms. The van der Waals surface area contributed by atoms with Gasteiger partial charge in [-0.15, -0.1) is 11.8 Å². The van der Waals surface area contributed by atoms with Gasteiger partial charge in [0.15, 0.2) is 0 Å².